The van der Waals surface area contributed by atoms with Crippen molar-refractivity contribution in [2.24, 2.45) is 5.92 Å². The van der Waals surface area contributed by atoms with Crippen LogP contribution in [0.4, 0.5) is 0 Å². The summed E-state index contributed by atoms with van der Waals surface area (Å²) in [5.41, 5.74) is 0.743. The number of methoxy groups -OCH3 is 1. The molecule has 0 spiro atoms. The van der Waals surface area contributed by atoms with Gasteiger partial charge in [0.25, 0.3) is 5.91 Å². The van der Waals surface area contributed by atoms with Gasteiger partial charge < -0.3 is 15.0 Å². The summed E-state index contributed by atoms with van der Waals surface area (Å²) in [6.45, 7) is 4.31. The molecule has 1 aliphatic heterocycles. The van der Waals surface area contributed by atoms with E-state index in [2.05, 4.69) is 10.3 Å². The van der Waals surface area contributed by atoms with Gasteiger partial charge in [0.2, 0.25) is 5.91 Å². The van der Waals surface area contributed by atoms with Crippen LogP contribution in [0, 0.1) is 12.8 Å². The van der Waals surface area contributed by atoms with E-state index < -0.39 is 0 Å². The van der Waals surface area contributed by atoms with Gasteiger partial charge in [-0.1, -0.05) is 11.6 Å². The Bertz CT molecular complexity index is 828. The Morgan fingerprint density at radius 2 is 2.07 bits per heavy atom. The average Bonchev–Trinajstić information content (AvgIpc) is 3.30. The third-order valence-corrected chi connectivity index (χ3v) is 7.30. The molecule has 1 aliphatic rings. The molecule has 0 unspecified atom stereocenters. The number of amides is 2. The fourth-order valence-corrected chi connectivity index (χ4v) is 5.32. The number of likely N-dealkylation sites (tertiary alicyclic amines) is 1. The minimum Gasteiger partial charge on any atom is -0.385 e. The fourth-order valence-electron chi connectivity index (χ4n) is 3.19. The summed E-state index contributed by atoms with van der Waals surface area (Å²) in [6, 6.07) is 3.77. The number of ether oxygens (including phenoxy) is 1. The first-order valence-electron chi connectivity index (χ1n) is 9.28. The molecule has 9 heteroatoms. The van der Waals surface area contributed by atoms with Crippen molar-refractivity contribution >= 4 is 46.1 Å². The van der Waals surface area contributed by atoms with Crippen molar-refractivity contribution in [2.45, 2.75) is 26.2 Å². The van der Waals surface area contributed by atoms with Crippen LogP contribution in [0.25, 0.3) is 9.88 Å². The number of thiophene rings is 1. The number of aromatic nitrogens is 1. The summed E-state index contributed by atoms with van der Waals surface area (Å²) in [4.78, 5) is 33.2. The second-order valence-corrected chi connectivity index (χ2v) is 9.46. The van der Waals surface area contributed by atoms with Gasteiger partial charge in [-0.25, -0.2) is 4.98 Å². The lowest BCUT2D eigenvalue weighted by molar-refractivity contribution is -0.126. The first-order valence-corrected chi connectivity index (χ1v) is 11.3. The predicted octanol–water partition coefficient (Wildman–Crippen LogP) is 3.84. The van der Waals surface area contributed by atoms with Crippen LogP contribution in [-0.4, -0.2) is 55.0 Å². The summed E-state index contributed by atoms with van der Waals surface area (Å²) in [5, 5.41) is 3.78. The van der Waals surface area contributed by atoms with E-state index in [4.69, 9.17) is 16.3 Å². The summed E-state index contributed by atoms with van der Waals surface area (Å²) in [7, 11) is 1.65. The number of hydrogen-bond acceptors (Lipinski definition) is 6. The van der Waals surface area contributed by atoms with Crippen molar-refractivity contribution < 1.29 is 14.3 Å². The second-order valence-electron chi connectivity index (χ2n) is 6.74. The molecule has 0 atom stereocenters. The lowest BCUT2D eigenvalue weighted by Gasteiger charge is -2.31. The van der Waals surface area contributed by atoms with E-state index in [-0.39, 0.29) is 17.7 Å². The molecule has 0 radical (unpaired) electrons. The number of carbonyl (C=O) groups excluding carboxylic acids is 2. The Morgan fingerprint density at radius 1 is 1.32 bits per heavy atom. The SMILES string of the molecule is COCCCNC(=O)C1CCN(C(=O)c2sc(-c3ccc(Cl)s3)nc2C)CC1. The average molecular weight is 442 g/mol. The van der Waals surface area contributed by atoms with Gasteiger partial charge in [0, 0.05) is 39.3 Å². The Balaban J connectivity index is 1.55. The van der Waals surface area contributed by atoms with Gasteiger partial charge in [0.05, 0.1) is 14.9 Å². The van der Waals surface area contributed by atoms with E-state index in [9.17, 15) is 9.59 Å². The van der Waals surface area contributed by atoms with Crippen molar-refractivity contribution in [3.8, 4) is 9.88 Å². The van der Waals surface area contributed by atoms with Gasteiger partial charge >= 0.3 is 0 Å². The maximum atomic E-state index is 13.0. The molecule has 1 saturated heterocycles. The molecule has 6 nitrogen and oxygen atoms in total. The Kier molecular flexibility index (Phi) is 7.45. The van der Waals surface area contributed by atoms with Gasteiger partial charge in [-0.2, -0.15) is 0 Å². The van der Waals surface area contributed by atoms with Gasteiger partial charge in [-0.3, -0.25) is 9.59 Å². The Morgan fingerprint density at radius 3 is 2.71 bits per heavy atom. The van der Waals surface area contributed by atoms with Crippen LogP contribution < -0.4 is 5.32 Å². The molecule has 28 heavy (non-hydrogen) atoms. The number of piperidine rings is 1. The van der Waals surface area contributed by atoms with E-state index in [0.717, 1.165) is 22.0 Å². The summed E-state index contributed by atoms with van der Waals surface area (Å²) in [5.74, 6) is 0.0508. The maximum Gasteiger partial charge on any atom is 0.265 e. The Hall–Kier alpha value is -1.48. The highest BCUT2D eigenvalue weighted by Crippen LogP contribution is 2.35. The van der Waals surface area contributed by atoms with Crippen molar-refractivity contribution in [1.82, 2.24) is 15.2 Å². The molecular weight excluding hydrogens is 418 g/mol. The largest absolute Gasteiger partial charge is 0.385 e. The van der Waals surface area contributed by atoms with E-state index in [1.807, 2.05) is 24.0 Å². The van der Waals surface area contributed by atoms with Crippen LogP contribution in [0.15, 0.2) is 12.1 Å². The molecular formula is C19H24ClN3O3S2. The first-order chi connectivity index (χ1) is 13.5. The van der Waals surface area contributed by atoms with Crippen LogP contribution in [0.2, 0.25) is 4.34 Å². The molecule has 0 aliphatic carbocycles. The minimum absolute atomic E-state index is 0.00264. The quantitative estimate of drug-likeness (QED) is 0.662. The number of aryl methyl sites for hydroxylation is 1. The molecule has 0 saturated carbocycles. The molecule has 2 aromatic heterocycles. The number of nitrogens with one attached hydrogen (secondary N) is 1. The summed E-state index contributed by atoms with van der Waals surface area (Å²) >= 11 is 8.88. The minimum atomic E-state index is -0.0297. The van der Waals surface area contributed by atoms with E-state index in [0.29, 0.717) is 48.3 Å². The highest BCUT2D eigenvalue weighted by molar-refractivity contribution is 7.24. The van der Waals surface area contributed by atoms with E-state index >= 15 is 0 Å². The van der Waals surface area contributed by atoms with Crippen LogP contribution in [0.5, 0.6) is 0 Å². The number of nitrogens with zero attached hydrogens (tertiary/aromatic N) is 2. The third kappa shape index (κ3) is 5.11. The zero-order valence-electron chi connectivity index (χ0n) is 16.0. The number of carbonyl (C=O) groups is 2. The van der Waals surface area contributed by atoms with Crippen molar-refractivity contribution in [2.75, 3.05) is 33.4 Å². The summed E-state index contributed by atoms with van der Waals surface area (Å²) < 4.78 is 5.69. The molecule has 2 aromatic rings. The standard InChI is InChI=1S/C19H24ClN3O3S2/c1-12-16(28-18(22-12)14-4-5-15(20)27-14)19(25)23-9-6-13(7-10-23)17(24)21-8-3-11-26-2/h4-5,13H,3,6-11H2,1-2H3,(H,21,24). The second kappa shape index (κ2) is 9.82. The van der Waals surface area contributed by atoms with Crippen LogP contribution in [-0.2, 0) is 9.53 Å². The highest BCUT2D eigenvalue weighted by atomic mass is 35.5. The van der Waals surface area contributed by atoms with Gasteiger partial charge in [-0.05, 0) is 38.3 Å². The van der Waals surface area contributed by atoms with Gasteiger partial charge in [-0.15, -0.1) is 22.7 Å². The molecule has 0 aromatic carbocycles. The monoisotopic (exact) mass is 441 g/mol. The zero-order chi connectivity index (χ0) is 20.1. The normalized spacial score (nSPS) is 15.0. The number of rotatable bonds is 7. The van der Waals surface area contributed by atoms with Crippen LogP contribution >= 0.6 is 34.3 Å². The molecule has 1 fully saturated rings. The first kappa shape index (κ1) is 21.2. The van der Waals surface area contributed by atoms with Crippen molar-refractivity contribution in [1.29, 1.82) is 0 Å². The van der Waals surface area contributed by atoms with Crippen LogP contribution in [0.1, 0.15) is 34.6 Å². The van der Waals surface area contributed by atoms with Gasteiger partial charge in [0.15, 0.2) is 0 Å². The van der Waals surface area contributed by atoms with E-state index in [1.165, 1.54) is 22.7 Å². The predicted molar refractivity (Wildman–Crippen MR) is 113 cm³/mol. The summed E-state index contributed by atoms with van der Waals surface area (Å²) in [6.07, 6.45) is 2.18. The number of thiazole rings is 1. The lowest BCUT2D eigenvalue weighted by Crippen LogP contribution is -2.43. The van der Waals surface area contributed by atoms with Gasteiger partial charge in [0.1, 0.15) is 9.88 Å². The molecule has 152 valence electrons. The van der Waals surface area contributed by atoms with Crippen LogP contribution in [0.3, 0.4) is 0 Å². The zero-order valence-corrected chi connectivity index (χ0v) is 18.4. The smallest absolute Gasteiger partial charge is 0.265 e. The van der Waals surface area contributed by atoms with Crippen molar-refractivity contribution in [3.63, 3.8) is 0 Å². The topological polar surface area (TPSA) is 71.5 Å². The highest BCUT2D eigenvalue weighted by Gasteiger charge is 2.29. The third-order valence-electron chi connectivity index (χ3n) is 4.75. The molecule has 0 bridgehead atoms. The molecule has 3 heterocycles. The molecule has 2 amide bonds. The fraction of sp³-hybridized carbons (Fsp3) is 0.526. The molecule has 1 N–H and O–H groups in total. The maximum absolute atomic E-state index is 13.0. The molecule has 3 rings (SSSR count). The number of halogens is 1. The Labute approximate surface area is 177 Å². The number of hydrogen-bond donors (Lipinski definition) is 1. The van der Waals surface area contributed by atoms with E-state index in [1.54, 1.807) is 7.11 Å². The van der Waals surface area contributed by atoms with Crippen molar-refractivity contribution in [3.05, 3.63) is 27.0 Å². The lowest BCUT2D eigenvalue weighted by atomic mass is 9.95.